The summed E-state index contributed by atoms with van der Waals surface area (Å²) in [5.74, 6) is -0.277. The predicted octanol–water partition coefficient (Wildman–Crippen LogP) is 4.24. The van der Waals surface area contributed by atoms with E-state index in [0.717, 1.165) is 23.4 Å². The van der Waals surface area contributed by atoms with E-state index in [-0.39, 0.29) is 11.9 Å². The van der Waals surface area contributed by atoms with Crippen LogP contribution in [0.15, 0.2) is 42.5 Å². The molecule has 4 heteroatoms. The quantitative estimate of drug-likeness (QED) is 0.888. The van der Waals surface area contributed by atoms with Crippen molar-refractivity contribution < 1.29 is 4.39 Å². The summed E-state index contributed by atoms with van der Waals surface area (Å²) in [6.45, 7) is 2.79. The predicted molar refractivity (Wildman–Crippen MR) is 87.7 cm³/mol. The number of nitrogens with one attached hydrogen (secondary N) is 1. The zero-order chi connectivity index (χ0) is 15.4. The molecule has 0 aliphatic rings. The van der Waals surface area contributed by atoms with Crippen molar-refractivity contribution in [3.8, 4) is 0 Å². The fourth-order valence-electron chi connectivity index (χ4n) is 2.33. The van der Waals surface area contributed by atoms with Crippen LogP contribution in [0.2, 0.25) is 5.02 Å². The van der Waals surface area contributed by atoms with Crippen LogP contribution in [0, 0.1) is 5.82 Å². The fraction of sp³-hybridized carbons (Fsp3) is 0.294. The molecule has 2 aromatic rings. The van der Waals surface area contributed by atoms with E-state index in [0.29, 0.717) is 5.02 Å². The third kappa shape index (κ3) is 3.74. The summed E-state index contributed by atoms with van der Waals surface area (Å²) in [4.78, 5) is 2.04. The van der Waals surface area contributed by atoms with Gasteiger partial charge in [-0.1, -0.05) is 30.7 Å². The van der Waals surface area contributed by atoms with E-state index in [2.05, 4.69) is 11.4 Å². The molecule has 2 rings (SSSR count). The first-order chi connectivity index (χ1) is 10.0. The molecule has 2 nitrogen and oxygen atoms in total. The molecule has 0 saturated heterocycles. The van der Waals surface area contributed by atoms with E-state index < -0.39 is 0 Å². The number of hydrogen-bond donors (Lipinski definition) is 1. The molecule has 0 aliphatic carbocycles. The summed E-state index contributed by atoms with van der Waals surface area (Å²) in [6, 6.07) is 12.5. The maximum absolute atomic E-state index is 13.6. The lowest BCUT2D eigenvalue weighted by molar-refractivity contribution is 0.603. The third-order valence-electron chi connectivity index (χ3n) is 3.40. The summed E-state index contributed by atoms with van der Waals surface area (Å²) in [6.07, 6.45) is 0. The van der Waals surface area contributed by atoms with Crippen LogP contribution in [0.1, 0.15) is 24.1 Å². The Morgan fingerprint density at radius 2 is 1.95 bits per heavy atom. The van der Waals surface area contributed by atoms with Crippen molar-refractivity contribution >= 4 is 17.3 Å². The fourth-order valence-corrected chi connectivity index (χ4v) is 2.56. The Bertz CT molecular complexity index is 613. The van der Waals surface area contributed by atoms with Crippen molar-refractivity contribution in [3.05, 3.63) is 64.4 Å². The zero-order valence-corrected chi connectivity index (χ0v) is 13.3. The van der Waals surface area contributed by atoms with E-state index in [1.807, 2.05) is 44.1 Å². The van der Waals surface area contributed by atoms with Crippen molar-refractivity contribution in [1.29, 1.82) is 0 Å². The molecule has 0 spiro atoms. The van der Waals surface area contributed by atoms with Crippen LogP contribution in [-0.2, 0) is 0 Å². The van der Waals surface area contributed by atoms with Gasteiger partial charge in [0.1, 0.15) is 5.82 Å². The molecule has 0 aliphatic heterocycles. The van der Waals surface area contributed by atoms with Gasteiger partial charge in [-0.15, -0.1) is 0 Å². The lowest BCUT2D eigenvalue weighted by Crippen LogP contribution is -2.23. The van der Waals surface area contributed by atoms with Gasteiger partial charge in [0, 0.05) is 24.8 Å². The minimum atomic E-state index is -0.277. The molecular weight excluding hydrogens is 287 g/mol. The first kappa shape index (κ1) is 15.8. The highest BCUT2D eigenvalue weighted by atomic mass is 35.5. The van der Waals surface area contributed by atoms with Gasteiger partial charge >= 0.3 is 0 Å². The van der Waals surface area contributed by atoms with Gasteiger partial charge in [0.15, 0.2) is 0 Å². The highest BCUT2D eigenvalue weighted by molar-refractivity contribution is 6.31. The summed E-state index contributed by atoms with van der Waals surface area (Å²) >= 11 is 6.26. The van der Waals surface area contributed by atoms with Gasteiger partial charge < -0.3 is 10.2 Å². The van der Waals surface area contributed by atoms with Crippen molar-refractivity contribution in [3.63, 3.8) is 0 Å². The van der Waals surface area contributed by atoms with Crippen LogP contribution in [0.25, 0.3) is 0 Å². The largest absolute Gasteiger partial charge is 0.378 e. The molecule has 0 fully saturated rings. The Balaban J connectivity index is 2.48. The molecule has 0 bridgehead atoms. The molecular formula is C17H20ClFN2. The van der Waals surface area contributed by atoms with E-state index in [4.69, 9.17) is 11.6 Å². The first-order valence-electron chi connectivity index (χ1n) is 6.98. The highest BCUT2D eigenvalue weighted by Gasteiger charge is 2.17. The molecule has 0 amide bonds. The van der Waals surface area contributed by atoms with Gasteiger partial charge in [-0.3, -0.25) is 0 Å². The van der Waals surface area contributed by atoms with Gasteiger partial charge in [0.05, 0.1) is 6.04 Å². The second kappa shape index (κ2) is 6.92. The second-order valence-corrected chi connectivity index (χ2v) is 5.55. The Hall–Kier alpha value is -1.58. The Morgan fingerprint density at radius 3 is 2.62 bits per heavy atom. The van der Waals surface area contributed by atoms with E-state index in [1.54, 1.807) is 6.07 Å². The summed E-state index contributed by atoms with van der Waals surface area (Å²) in [5.41, 5.74) is 2.92. The van der Waals surface area contributed by atoms with Crippen LogP contribution in [0.5, 0.6) is 0 Å². The average molecular weight is 307 g/mol. The van der Waals surface area contributed by atoms with Crippen LogP contribution >= 0.6 is 11.6 Å². The molecule has 1 atom stereocenters. The van der Waals surface area contributed by atoms with Gasteiger partial charge in [-0.05, 0) is 48.0 Å². The van der Waals surface area contributed by atoms with Gasteiger partial charge in [-0.25, -0.2) is 4.39 Å². The molecule has 21 heavy (non-hydrogen) atoms. The number of anilines is 1. The van der Waals surface area contributed by atoms with Crippen LogP contribution in [-0.4, -0.2) is 20.6 Å². The first-order valence-corrected chi connectivity index (χ1v) is 7.36. The van der Waals surface area contributed by atoms with Crippen molar-refractivity contribution in [2.75, 3.05) is 25.5 Å². The minimum Gasteiger partial charge on any atom is -0.378 e. The van der Waals surface area contributed by atoms with E-state index in [1.165, 1.54) is 12.1 Å². The van der Waals surface area contributed by atoms with Crippen molar-refractivity contribution in [1.82, 2.24) is 5.32 Å². The second-order valence-electron chi connectivity index (χ2n) is 5.15. The topological polar surface area (TPSA) is 15.3 Å². The molecule has 2 aromatic carbocycles. The number of rotatable bonds is 5. The van der Waals surface area contributed by atoms with Crippen LogP contribution < -0.4 is 10.2 Å². The lowest BCUT2D eigenvalue weighted by atomic mass is 9.97. The molecule has 0 heterocycles. The average Bonchev–Trinajstić information content (AvgIpc) is 2.47. The van der Waals surface area contributed by atoms with Gasteiger partial charge in [0.25, 0.3) is 0 Å². The Labute approximate surface area is 130 Å². The summed E-state index contributed by atoms with van der Waals surface area (Å²) < 4.78 is 13.6. The maximum Gasteiger partial charge on any atom is 0.123 e. The lowest BCUT2D eigenvalue weighted by Gasteiger charge is -2.22. The number of benzene rings is 2. The highest BCUT2D eigenvalue weighted by Crippen LogP contribution is 2.30. The Kier molecular flexibility index (Phi) is 5.21. The molecule has 1 unspecified atom stereocenters. The van der Waals surface area contributed by atoms with Crippen molar-refractivity contribution in [2.24, 2.45) is 0 Å². The minimum absolute atomic E-state index is 0.127. The molecule has 0 radical (unpaired) electrons. The third-order valence-corrected chi connectivity index (χ3v) is 3.74. The molecule has 0 aromatic heterocycles. The molecule has 1 N–H and O–H groups in total. The summed E-state index contributed by atoms with van der Waals surface area (Å²) in [7, 11) is 3.99. The SMILES string of the molecule is CCNC(c1cccc(N(C)C)c1)c1cc(F)ccc1Cl. The van der Waals surface area contributed by atoms with E-state index in [9.17, 15) is 4.39 Å². The number of hydrogen-bond acceptors (Lipinski definition) is 2. The van der Waals surface area contributed by atoms with Gasteiger partial charge in [-0.2, -0.15) is 0 Å². The Morgan fingerprint density at radius 1 is 1.19 bits per heavy atom. The van der Waals surface area contributed by atoms with Gasteiger partial charge in [0.2, 0.25) is 0 Å². The zero-order valence-electron chi connectivity index (χ0n) is 12.5. The number of halogens is 2. The van der Waals surface area contributed by atoms with E-state index >= 15 is 0 Å². The normalized spacial score (nSPS) is 12.2. The smallest absolute Gasteiger partial charge is 0.123 e. The standard InChI is InChI=1S/C17H20ClFN2/c1-4-20-17(15-11-13(19)8-9-16(15)18)12-6-5-7-14(10-12)21(2)3/h5-11,17,20H,4H2,1-3H3. The summed E-state index contributed by atoms with van der Waals surface area (Å²) in [5, 5.41) is 3.95. The van der Waals surface area contributed by atoms with Crippen molar-refractivity contribution in [2.45, 2.75) is 13.0 Å². The monoisotopic (exact) mass is 306 g/mol. The number of nitrogens with zero attached hydrogens (tertiary/aromatic N) is 1. The maximum atomic E-state index is 13.6. The molecule has 112 valence electrons. The van der Waals surface area contributed by atoms with Crippen LogP contribution in [0.4, 0.5) is 10.1 Å². The van der Waals surface area contributed by atoms with Crippen LogP contribution in [0.3, 0.4) is 0 Å². The molecule has 0 saturated carbocycles.